The minimum Gasteiger partial charge on any atom is -0.394 e. The summed E-state index contributed by atoms with van der Waals surface area (Å²) in [6, 6.07) is 0. The summed E-state index contributed by atoms with van der Waals surface area (Å²) in [7, 11) is 0. The number of aliphatic hydroxyl groups excluding tert-OH is 2. The lowest BCUT2D eigenvalue weighted by atomic mass is 10.6. The SMILES string of the molecule is OCCOCCOCCOCCOCCOCCOCCOCCOCCOCCOCCOCCSCCOCCOCCOCCOCCOCCOCCOCCOCCOCCOCCOCCO. The van der Waals surface area contributed by atoms with E-state index < -0.39 is 0 Å². The molecule has 0 aromatic carbocycles. The Hall–Kier alpha value is -0.610. The smallest absolute Gasteiger partial charge is 0.0701 e. The second-order valence-electron chi connectivity index (χ2n) is 14.5. The number of thioether (sulfide) groups is 1. The van der Waals surface area contributed by atoms with E-state index in [0.717, 1.165) is 11.5 Å². The van der Waals surface area contributed by atoms with Crippen LogP contribution in [0.1, 0.15) is 0 Å². The summed E-state index contributed by atoms with van der Waals surface area (Å²) in [6.45, 7) is 22.0. The van der Waals surface area contributed by atoms with E-state index >= 15 is 0 Å². The first-order valence-corrected chi connectivity index (χ1v) is 27.1. The van der Waals surface area contributed by atoms with E-state index in [-0.39, 0.29) is 13.2 Å². The van der Waals surface area contributed by atoms with E-state index in [1.165, 1.54) is 0 Å². The Kier molecular flexibility index (Phi) is 70.8. The molecule has 25 heteroatoms. The molecule has 0 aromatic heterocycles. The molecule has 0 saturated heterocycles. The molecule has 0 aliphatic heterocycles. The third-order valence-electron chi connectivity index (χ3n) is 8.66. The Morgan fingerprint density at radius 3 is 0.342 bits per heavy atom. The third kappa shape index (κ3) is 71.4. The fourth-order valence-electron chi connectivity index (χ4n) is 5.07. The zero-order valence-corrected chi connectivity index (χ0v) is 45.0. The van der Waals surface area contributed by atoms with Gasteiger partial charge in [-0.05, 0) is 0 Å². The second-order valence-corrected chi connectivity index (χ2v) is 15.8. The maximum atomic E-state index is 8.61. The maximum Gasteiger partial charge on any atom is 0.0701 e. The molecule has 0 saturated carbocycles. The monoisotopic (exact) mass is 1090 g/mol. The number of hydrogen-bond donors (Lipinski definition) is 2. The minimum absolute atomic E-state index is 0.0193. The van der Waals surface area contributed by atoms with Crippen LogP contribution in [-0.4, -0.2) is 326 Å². The lowest BCUT2D eigenvalue weighted by Crippen LogP contribution is -2.15. The summed E-state index contributed by atoms with van der Waals surface area (Å²) in [6.07, 6.45) is 0. The van der Waals surface area contributed by atoms with Gasteiger partial charge in [-0.15, -0.1) is 0 Å². The minimum atomic E-state index is 0.0193. The molecule has 0 fully saturated rings. The summed E-state index contributed by atoms with van der Waals surface area (Å²) in [5, 5.41) is 17.2. The molecular weight excluding hydrogens is 993 g/mol. The molecule has 0 aromatic rings. The molecule has 0 spiro atoms. The molecule has 2 N–H and O–H groups in total. The lowest BCUT2D eigenvalue weighted by Gasteiger charge is -2.09. The van der Waals surface area contributed by atoms with E-state index in [4.69, 9.17) is 114 Å². The topological polar surface area (TPSA) is 244 Å². The van der Waals surface area contributed by atoms with Crippen molar-refractivity contribution in [2.75, 3.05) is 315 Å². The molecule has 0 rings (SSSR count). The number of hydrogen-bond acceptors (Lipinski definition) is 25. The van der Waals surface area contributed by atoms with Crippen molar-refractivity contribution < 1.29 is 114 Å². The Balaban J connectivity index is 3.07. The van der Waals surface area contributed by atoms with Crippen LogP contribution in [0.15, 0.2) is 0 Å². The molecule has 73 heavy (non-hydrogen) atoms. The third-order valence-corrected chi connectivity index (χ3v) is 9.57. The van der Waals surface area contributed by atoms with Gasteiger partial charge in [0.25, 0.3) is 0 Å². The molecule has 0 aliphatic carbocycles. The number of rotatable bonds is 70. The maximum absolute atomic E-state index is 8.61. The molecule has 0 unspecified atom stereocenters. The van der Waals surface area contributed by atoms with Crippen LogP contribution in [0, 0.1) is 0 Å². The summed E-state index contributed by atoms with van der Waals surface area (Å²) in [4.78, 5) is 0. The lowest BCUT2D eigenvalue weighted by molar-refractivity contribution is -0.0277. The van der Waals surface area contributed by atoms with Gasteiger partial charge >= 0.3 is 0 Å². The standard InChI is InChI=1S/C48H98O24S/c49-1-3-51-5-7-53-9-11-55-13-15-57-17-19-59-21-23-61-25-27-63-29-31-65-33-35-67-37-39-69-41-43-71-45-47-73-48-46-72-44-42-70-40-38-68-36-34-66-32-30-64-28-26-62-24-22-60-20-18-58-16-14-56-12-10-54-8-6-52-4-2-50/h49-50H,1-48H2. The van der Waals surface area contributed by atoms with Crippen molar-refractivity contribution in [1.82, 2.24) is 0 Å². The van der Waals surface area contributed by atoms with Crippen LogP contribution in [-0.2, 0) is 104 Å². The molecule has 0 amide bonds. The summed E-state index contributed by atoms with van der Waals surface area (Å²) >= 11 is 1.79. The normalized spacial score (nSPS) is 11.8. The fourth-order valence-corrected chi connectivity index (χ4v) is 5.74. The van der Waals surface area contributed by atoms with Crippen LogP contribution in [0.4, 0.5) is 0 Å². The van der Waals surface area contributed by atoms with Crippen LogP contribution < -0.4 is 0 Å². The highest BCUT2D eigenvalue weighted by Crippen LogP contribution is 1.99. The quantitative estimate of drug-likeness (QED) is 0.0766. The van der Waals surface area contributed by atoms with Gasteiger partial charge in [0.2, 0.25) is 0 Å². The van der Waals surface area contributed by atoms with Crippen LogP contribution in [0.2, 0.25) is 0 Å². The van der Waals surface area contributed by atoms with Gasteiger partial charge in [-0.25, -0.2) is 0 Å². The predicted molar refractivity (Wildman–Crippen MR) is 270 cm³/mol. The number of ether oxygens (including phenoxy) is 22. The van der Waals surface area contributed by atoms with Gasteiger partial charge in [0.1, 0.15) is 0 Å². The molecule has 0 atom stereocenters. The Labute approximate surface area is 440 Å². The number of aliphatic hydroxyl groups is 2. The van der Waals surface area contributed by atoms with E-state index in [2.05, 4.69) is 0 Å². The van der Waals surface area contributed by atoms with Gasteiger partial charge in [-0.3, -0.25) is 0 Å². The fraction of sp³-hybridized carbons (Fsp3) is 1.00. The first-order valence-electron chi connectivity index (χ1n) is 25.9. The predicted octanol–water partition coefficient (Wildman–Crippen LogP) is 0.0694. The summed E-state index contributed by atoms with van der Waals surface area (Å²) in [5.41, 5.74) is 0. The van der Waals surface area contributed by atoms with E-state index in [9.17, 15) is 0 Å². The van der Waals surface area contributed by atoms with Crippen molar-refractivity contribution in [1.29, 1.82) is 0 Å². The second kappa shape index (κ2) is 71.4. The molecule has 0 radical (unpaired) electrons. The van der Waals surface area contributed by atoms with Crippen molar-refractivity contribution in [3.63, 3.8) is 0 Å². The molecule has 24 nitrogen and oxygen atoms in total. The Bertz CT molecular complexity index is 877. The summed E-state index contributed by atoms with van der Waals surface area (Å²) < 4.78 is 120. The van der Waals surface area contributed by atoms with Crippen LogP contribution in [0.5, 0.6) is 0 Å². The average molecular weight is 1090 g/mol. The van der Waals surface area contributed by atoms with E-state index in [1.807, 2.05) is 0 Å². The van der Waals surface area contributed by atoms with Crippen LogP contribution in [0.3, 0.4) is 0 Å². The van der Waals surface area contributed by atoms with Gasteiger partial charge < -0.3 is 114 Å². The van der Waals surface area contributed by atoms with E-state index in [0.29, 0.717) is 291 Å². The van der Waals surface area contributed by atoms with Gasteiger partial charge in [-0.1, -0.05) is 0 Å². The largest absolute Gasteiger partial charge is 0.394 e. The highest BCUT2D eigenvalue weighted by atomic mass is 32.2. The van der Waals surface area contributed by atoms with Crippen molar-refractivity contribution >= 4 is 11.8 Å². The van der Waals surface area contributed by atoms with Crippen molar-refractivity contribution in [3.8, 4) is 0 Å². The van der Waals surface area contributed by atoms with Crippen molar-refractivity contribution in [2.45, 2.75) is 0 Å². The zero-order valence-electron chi connectivity index (χ0n) is 44.2. The van der Waals surface area contributed by atoms with Gasteiger partial charge in [0, 0.05) is 11.5 Å². The first-order chi connectivity index (χ1) is 36.4. The highest BCUT2D eigenvalue weighted by Gasteiger charge is 2.00. The van der Waals surface area contributed by atoms with Crippen LogP contribution >= 0.6 is 11.8 Å². The molecule has 0 heterocycles. The van der Waals surface area contributed by atoms with E-state index in [1.54, 1.807) is 11.8 Å². The molecule has 440 valence electrons. The van der Waals surface area contributed by atoms with Crippen molar-refractivity contribution in [2.24, 2.45) is 0 Å². The molecule has 0 aliphatic rings. The van der Waals surface area contributed by atoms with Gasteiger partial charge in [0.05, 0.1) is 304 Å². The zero-order chi connectivity index (χ0) is 52.2. The van der Waals surface area contributed by atoms with Crippen molar-refractivity contribution in [3.05, 3.63) is 0 Å². The Morgan fingerprint density at radius 2 is 0.233 bits per heavy atom. The van der Waals surface area contributed by atoms with Gasteiger partial charge in [0.15, 0.2) is 0 Å². The Morgan fingerprint density at radius 1 is 0.137 bits per heavy atom. The summed E-state index contributed by atoms with van der Waals surface area (Å²) in [5.74, 6) is 1.80. The molecular formula is C48H98O24S. The first kappa shape index (κ1) is 72.4. The van der Waals surface area contributed by atoms with Crippen LogP contribution in [0.25, 0.3) is 0 Å². The highest BCUT2D eigenvalue weighted by molar-refractivity contribution is 7.99. The molecule has 0 bridgehead atoms. The van der Waals surface area contributed by atoms with Gasteiger partial charge in [-0.2, -0.15) is 11.8 Å². The average Bonchev–Trinajstić information content (AvgIpc) is 3.40.